The van der Waals surface area contributed by atoms with Gasteiger partial charge in [0.05, 0.1) is 25.7 Å². The van der Waals surface area contributed by atoms with Gasteiger partial charge in [-0.3, -0.25) is 4.72 Å². The topological polar surface area (TPSA) is 114 Å². The molecule has 1 fully saturated rings. The number of rotatable bonds is 9. The summed E-state index contributed by atoms with van der Waals surface area (Å²) in [5.41, 5.74) is 3.71. The summed E-state index contributed by atoms with van der Waals surface area (Å²) >= 11 is 6.33. The van der Waals surface area contributed by atoms with E-state index in [9.17, 15) is 8.42 Å². The van der Waals surface area contributed by atoms with Gasteiger partial charge in [0, 0.05) is 23.1 Å². The summed E-state index contributed by atoms with van der Waals surface area (Å²) in [5.74, 6) is 1.99. The lowest BCUT2D eigenvalue weighted by Crippen LogP contribution is -2.17. The molecule has 3 aromatic rings. The normalized spacial score (nSPS) is 13.3. The maximum absolute atomic E-state index is 12.2. The highest BCUT2D eigenvalue weighted by atomic mass is 35.5. The number of anilines is 5. The molecule has 0 atom stereocenters. The van der Waals surface area contributed by atoms with E-state index in [2.05, 4.69) is 25.3 Å². The Kier molecular flexibility index (Phi) is 6.72. The molecule has 3 N–H and O–H groups in total. The maximum Gasteiger partial charge on any atom is 0.235 e. The van der Waals surface area contributed by atoms with Gasteiger partial charge >= 0.3 is 0 Å². The van der Waals surface area contributed by atoms with Gasteiger partial charge < -0.3 is 20.1 Å². The number of hydrogen-bond acceptors (Lipinski definition) is 8. The number of benzene rings is 2. The van der Waals surface area contributed by atoms with Crippen molar-refractivity contribution in [2.75, 3.05) is 29.6 Å². The van der Waals surface area contributed by atoms with E-state index in [0.29, 0.717) is 46.8 Å². The number of methoxy groups -OCH3 is 2. The molecule has 0 unspecified atom stereocenters. The Morgan fingerprint density at radius 3 is 2.38 bits per heavy atom. The summed E-state index contributed by atoms with van der Waals surface area (Å²) < 4.78 is 37.8. The molecule has 11 heteroatoms. The van der Waals surface area contributed by atoms with Gasteiger partial charge in [-0.25, -0.2) is 13.4 Å². The minimum absolute atomic E-state index is 0.286. The van der Waals surface area contributed by atoms with E-state index in [4.69, 9.17) is 21.1 Å². The van der Waals surface area contributed by atoms with Crippen molar-refractivity contribution >= 4 is 50.5 Å². The zero-order valence-corrected chi connectivity index (χ0v) is 20.8. The molecule has 1 aromatic heterocycles. The highest BCUT2D eigenvalue weighted by Gasteiger charge is 2.35. The lowest BCUT2D eigenvalue weighted by molar-refractivity contribution is 0.353. The van der Waals surface area contributed by atoms with Crippen LogP contribution in [0.15, 0.2) is 36.5 Å². The Bertz CT molecular complexity index is 1330. The second-order valence-corrected chi connectivity index (χ2v) is 10.4. The minimum Gasteiger partial charge on any atom is -0.493 e. The summed E-state index contributed by atoms with van der Waals surface area (Å²) in [6.45, 7) is 3.79. The molecular weight excluding hydrogens is 478 g/mol. The van der Waals surface area contributed by atoms with Crippen molar-refractivity contribution < 1.29 is 17.9 Å². The van der Waals surface area contributed by atoms with E-state index in [1.807, 2.05) is 19.9 Å². The van der Waals surface area contributed by atoms with Crippen LogP contribution >= 0.6 is 11.6 Å². The van der Waals surface area contributed by atoms with Crippen LogP contribution in [-0.2, 0) is 10.0 Å². The molecule has 180 valence electrons. The van der Waals surface area contributed by atoms with Crippen molar-refractivity contribution in [2.24, 2.45) is 0 Å². The van der Waals surface area contributed by atoms with E-state index >= 15 is 0 Å². The Hall–Kier alpha value is -3.24. The van der Waals surface area contributed by atoms with Crippen LogP contribution in [0.3, 0.4) is 0 Å². The van der Waals surface area contributed by atoms with Crippen molar-refractivity contribution in [3.05, 3.63) is 52.7 Å². The molecule has 1 heterocycles. The third-order valence-corrected chi connectivity index (χ3v) is 7.51. The number of aryl methyl sites for hydroxylation is 2. The van der Waals surface area contributed by atoms with Gasteiger partial charge in [0.2, 0.25) is 16.0 Å². The van der Waals surface area contributed by atoms with Gasteiger partial charge in [0.1, 0.15) is 5.02 Å². The van der Waals surface area contributed by atoms with Crippen molar-refractivity contribution in [2.45, 2.75) is 31.9 Å². The largest absolute Gasteiger partial charge is 0.493 e. The molecule has 34 heavy (non-hydrogen) atoms. The molecule has 0 radical (unpaired) electrons. The lowest BCUT2D eigenvalue weighted by atomic mass is 10.2. The summed E-state index contributed by atoms with van der Waals surface area (Å²) in [6.07, 6.45) is 2.92. The van der Waals surface area contributed by atoms with Crippen LogP contribution in [0.4, 0.5) is 28.8 Å². The predicted octanol–water partition coefficient (Wildman–Crippen LogP) is 5.16. The van der Waals surface area contributed by atoms with E-state index in [1.54, 1.807) is 38.5 Å². The molecule has 0 saturated heterocycles. The van der Waals surface area contributed by atoms with E-state index in [0.717, 1.165) is 22.5 Å². The third kappa shape index (κ3) is 5.28. The van der Waals surface area contributed by atoms with Crippen molar-refractivity contribution in [3.8, 4) is 11.5 Å². The van der Waals surface area contributed by atoms with Crippen LogP contribution in [0.2, 0.25) is 5.02 Å². The first-order valence-corrected chi connectivity index (χ1v) is 12.5. The highest BCUT2D eigenvalue weighted by molar-refractivity contribution is 7.93. The number of nitrogens with one attached hydrogen (secondary N) is 3. The second-order valence-electron chi connectivity index (χ2n) is 8.04. The van der Waals surface area contributed by atoms with E-state index in [1.165, 1.54) is 6.20 Å². The first kappa shape index (κ1) is 23.9. The lowest BCUT2D eigenvalue weighted by Gasteiger charge is -2.15. The van der Waals surface area contributed by atoms with Gasteiger partial charge in [-0.15, -0.1) is 0 Å². The van der Waals surface area contributed by atoms with Crippen molar-refractivity contribution in [1.82, 2.24) is 9.97 Å². The highest BCUT2D eigenvalue weighted by Crippen LogP contribution is 2.35. The molecule has 0 spiro atoms. The zero-order chi connectivity index (χ0) is 24.5. The number of halogens is 1. The molecule has 1 aliphatic carbocycles. The predicted molar refractivity (Wildman–Crippen MR) is 135 cm³/mol. The van der Waals surface area contributed by atoms with Crippen molar-refractivity contribution in [1.29, 1.82) is 0 Å². The Labute approximate surface area is 203 Å². The summed E-state index contributed by atoms with van der Waals surface area (Å²) in [4.78, 5) is 8.76. The van der Waals surface area contributed by atoms with Gasteiger partial charge in [-0.05, 0) is 62.1 Å². The van der Waals surface area contributed by atoms with Crippen LogP contribution in [0.25, 0.3) is 0 Å². The van der Waals surface area contributed by atoms with Crippen LogP contribution in [-0.4, -0.2) is 37.9 Å². The van der Waals surface area contributed by atoms with E-state index in [-0.39, 0.29) is 5.25 Å². The van der Waals surface area contributed by atoms with Gasteiger partial charge in [0.25, 0.3) is 0 Å². The summed E-state index contributed by atoms with van der Waals surface area (Å²) in [7, 11) is -0.153. The first-order chi connectivity index (χ1) is 16.2. The van der Waals surface area contributed by atoms with E-state index < -0.39 is 10.0 Å². The number of nitrogens with zero attached hydrogens (tertiary/aromatic N) is 2. The average molecular weight is 504 g/mol. The standard InChI is InChI=1S/C23H26ClN5O4S/c1-13-9-15(29-34(30,31)17-6-7-17)5-8-19(13)27-22-18(24)12-25-23(28-22)26-16-10-14(2)21(33-4)20(11-16)32-3/h5,8-12,17,29H,6-7H2,1-4H3,(H2,25,26,27,28). The SMILES string of the molecule is COc1cc(Nc2ncc(Cl)c(Nc3ccc(NS(=O)(=O)C4CC4)cc3C)n2)cc(C)c1OC. The fraction of sp³-hybridized carbons (Fsp3) is 0.304. The fourth-order valence-electron chi connectivity index (χ4n) is 3.49. The number of aromatic nitrogens is 2. The molecule has 1 saturated carbocycles. The number of sulfonamides is 1. The molecule has 0 aliphatic heterocycles. The fourth-order valence-corrected chi connectivity index (χ4v) is 5.01. The smallest absolute Gasteiger partial charge is 0.235 e. The molecular formula is C23H26ClN5O4S. The number of ether oxygens (including phenoxy) is 2. The third-order valence-electron chi connectivity index (χ3n) is 5.37. The van der Waals surface area contributed by atoms with Crippen LogP contribution < -0.4 is 24.8 Å². The average Bonchev–Trinajstić information content (AvgIpc) is 3.63. The van der Waals surface area contributed by atoms with Gasteiger partial charge in [-0.2, -0.15) is 4.98 Å². The van der Waals surface area contributed by atoms with Gasteiger partial charge in [0.15, 0.2) is 17.3 Å². The summed E-state index contributed by atoms with van der Waals surface area (Å²) in [5, 5.41) is 6.41. The molecule has 2 aromatic carbocycles. The number of hydrogen-bond donors (Lipinski definition) is 3. The molecule has 4 rings (SSSR count). The minimum atomic E-state index is -3.32. The Balaban J connectivity index is 1.53. The summed E-state index contributed by atoms with van der Waals surface area (Å²) in [6, 6.07) is 8.95. The molecule has 9 nitrogen and oxygen atoms in total. The van der Waals surface area contributed by atoms with Gasteiger partial charge in [-0.1, -0.05) is 11.6 Å². The zero-order valence-electron chi connectivity index (χ0n) is 19.3. The molecule has 0 amide bonds. The first-order valence-electron chi connectivity index (χ1n) is 10.6. The van der Waals surface area contributed by atoms with Crippen molar-refractivity contribution in [3.63, 3.8) is 0 Å². The maximum atomic E-state index is 12.2. The van der Waals surface area contributed by atoms with Crippen LogP contribution in [0.5, 0.6) is 11.5 Å². The second kappa shape index (κ2) is 9.55. The van der Waals surface area contributed by atoms with Crippen LogP contribution in [0.1, 0.15) is 24.0 Å². The van der Waals surface area contributed by atoms with Crippen LogP contribution in [0, 0.1) is 13.8 Å². The quantitative estimate of drug-likeness (QED) is 0.367. The Morgan fingerprint density at radius 1 is 1.00 bits per heavy atom. The monoisotopic (exact) mass is 503 g/mol. The molecule has 0 bridgehead atoms. The Morgan fingerprint density at radius 2 is 1.74 bits per heavy atom. The molecule has 1 aliphatic rings.